The maximum Gasteiger partial charge on any atom is 0.318 e. The number of aliphatic hydroxyl groups is 1. The monoisotopic (exact) mass is 328 g/mol. The molecule has 0 aliphatic heterocycles. The molecule has 0 aromatic heterocycles. The topological polar surface area (TPSA) is 125 Å². The van der Waals surface area contributed by atoms with Crippen LogP contribution in [0.3, 0.4) is 0 Å². The van der Waals surface area contributed by atoms with Gasteiger partial charge in [0, 0.05) is 12.1 Å². The van der Waals surface area contributed by atoms with E-state index in [4.69, 9.17) is 14.6 Å². The number of nitrogens with zero attached hydrogens (tertiary/aromatic N) is 2. The molecule has 0 amide bonds. The first-order chi connectivity index (χ1) is 10.4. The smallest absolute Gasteiger partial charge is 0.318 e. The molecule has 1 aromatic carbocycles. The van der Waals surface area contributed by atoms with Crippen LogP contribution in [0, 0.1) is 20.2 Å². The van der Waals surface area contributed by atoms with E-state index in [2.05, 4.69) is 0 Å². The lowest BCUT2D eigenvalue weighted by molar-refractivity contribution is -0.397. The van der Waals surface area contributed by atoms with E-state index in [0.717, 1.165) is 0 Å². The Morgan fingerprint density at radius 3 is 1.83 bits per heavy atom. The van der Waals surface area contributed by atoms with Crippen LogP contribution in [0.4, 0.5) is 11.4 Å². The Morgan fingerprint density at radius 1 is 1.09 bits per heavy atom. The number of ether oxygens (including phenoxy) is 2. The third kappa shape index (κ3) is 4.86. The summed E-state index contributed by atoms with van der Waals surface area (Å²) in [6, 6.07) is 2.49. The lowest BCUT2D eigenvalue weighted by atomic mass is 9.86. The van der Waals surface area contributed by atoms with Gasteiger partial charge in [-0.15, -0.1) is 0 Å². The normalized spacial score (nSPS) is 14.2. The van der Waals surface area contributed by atoms with E-state index in [-0.39, 0.29) is 0 Å². The standard InChI is InChI=1S/C14H20N2O7/c1-8(17)22-9(2)23-13-11(15(18)19)6-10(14(3,4)5)7-12(13)16(20)21/h6-9,17H,1-5H3. The van der Waals surface area contributed by atoms with Crippen LogP contribution in [0.5, 0.6) is 5.75 Å². The quantitative estimate of drug-likeness (QED) is 0.483. The van der Waals surface area contributed by atoms with Gasteiger partial charge in [-0.25, -0.2) is 0 Å². The zero-order chi connectivity index (χ0) is 17.9. The van der Waals surface area contributed by atoms with Crippen LogP contribution in [0.2, 0.25) is 0 Å². The first-order valence-corrected chi connectivity index (χ1v) is 6.91. The van der Waals surface area contributed by atoms with Gasteiger partial charge in [0.15, 0.2) is 12.6 Å². The van der Waals surface area contributed by atoms with Crippen LogP contribution in [0.15, 0.2) is 12.1 Å². The zero-order valence-electron chi connectivity index (χ0n) is 13.6. The highest BCUT2D eigenvalue weighted by atomic mass is 16.7. The minimum absolute atomic E-state index is 0.437. The lowest BCUT2D eigenvalue weighted by Gasteiger charge is -2.21. The molecular weight excluding hydrogens is 308 g/mol. The van der Waals surface area contributed by atoms with E-state index in [0.29, 0.717) is 5.56 Å². The highest BCUT2D eigenvalue weighted by Crippen LogP contribution is 2.41. The van der Waals surface area contributed by atoms with Crippen molar-refractivity contribution >= 4 is 11.4 Å². The molecule has 0 heterocycles. The van der Waals surface area contributed by atoms with Crippen molar-refractivity contribution in [3.05, 3.63) is 37.9 Å². The summed E-state index contributed by atoms with van der Waals surface area (Å²) in [7, 11) is 0. The summed E-state index contributed by atoms with van der Waals surface area (Å²) < 4.78 is 10.1. The molecule has 9 heteroatoms. The van der Waals surface area contributed by atoms with Crippen molar-refractivity contribution in [3.63, 3.8) is 0 Å². The number of aliphatic hydroxyl groups excluding tert-OH is 1. The summed E-state index contributed by atoms with van der Waals surface area (Å²) in [6.07, 6.45) is -2.29. The van der Waals surface area contributed by atoms with Crippen molar-refractivity contribution < 1.29 is 24.4 Å². The second-order valence-electron chi connectivity index (χ2n) is 6.03. The summed E-state index contributed by atoms with van der Waals surface area (Å²) in [5, 5.41) is 31.7. The van der Waals surface area contributed by atoms with Crippen molar-refractivity contribution in [2.45, 2.75) is 52.6 Å². The molecule has 0 radical (unpaired) electrons. The summed E-state index contributed by atoms with van der Waals surface area (Å²) >= 11 is 0. The molecule has 0 aliphatic rings. The molecule has 128 valence electrons. The minimum Gasteiger partial charge on any atom is -0.452 e. The third-order valence-corrected chi connectivity index (χ3v) is 2.98. The molecular formula is C14H20N2O7. The molecule has 0 spiro atoms. The second kappa shape index (κ2) is 6.88. The van der Waals surface area contributed by atoms with Crippen molar-refractivity contribution in [1.29, 1.82) is 0 Å². The highest BCUT2D eigenvalue weighted by molar-refractivity contribution is 5.63. The molecule has 1 rings (SSSR count). The van der Waals surface area contributed by atoms with E-state index in [9.17, 15) is 20.2 Å². The summed E-state index contributed by atoms with van der Waals surface area (Å²) in [5.74, 6) is -0.499. The van der Waals surface area contributed by atoms with E-state index in [1.54, 1.807) is 20.8 Å². The first kappa shape index (κ1) is 18.8. The average Bonchev–Trinajstić information content (AvgIpc) is 2.35. The Balaban J connectivity index is 3.47. The lowest BCUT2D eigenvalue weighted by Crippen LogP contribution is -2.23. The van der Waals surface area contributed by atoms with Crippen LogP contribution in [-0.4, -0.2) is 27.5 Å². The predicted octanol–water partition coefficient (Wildman–Crippen LogP) is 2.88. The van der Waals surface area contributed by atoms with Crippen molar-refractivity contribution in [2.24, 2.45) is 0 Å². The molecule has 1 N–H and O–H groups in total. The molecule has 0 fully saturated rings. The number of nitro benzene ring substituents is 2. The molecule has 1 aromatic rings. The highest BCUT2D eigenvalue weighted by Gasteiger charge is 2.32. The number of nitro groups is 2. The third-order valence-electron chi connectivity index (χ3n) is 2.98. The molecule has 0 aliphatic carbocycles. The van der Waals surface area contributed by atoms with Gasteiger partial charge in [0.05, 0.1) is 9.85 Å². The Labute approximate surface area is 133 Å². The van der Waals surface area contributed by atoms with Crippen molar-refractivity contribution in [2.75, 3.05) is 0 Å². The van der Waals surface area contributed by atoms with Gasteiger partial charge in [0.1, 0.15) is 0 Å². The Morgan fingerprint density at radius 2 is 1.52 bits per heavy atom. The van der Waals surface area contributed by atoms with E-state index >= 15 is 0 Å². The fourth-order valence-corrected chi connectivity index (χ4v) is 1.89. The SMILES string of the molecule is CC(O)OC(C)Oc1c([N+](=O)[O-])cc(C(C)(C)C)cc1[N+](=O)[O-]. The molecule has 9 nitrogen and oxygen atoms in total. The minimum atomic E-state index is -1.18. The van der Waals surface area contributed by atoms with Gasteiger partial charge in [-0.2, -0.15) is 0 Å². The second-order valence-corrected chi connectivity index (χ2v) is 6.03. The number of benzene rings is 1. The number of hydrogen-bond donors (Lipinski definition) is 1. The molecule has 2 atom stereocenters. The van der Waals surface area contributed by atoms with Gasteiger partial charge in [-0.05, 0) is 24.8 Å². The Hall–Kier alpha value is -2.26. The van der Waals surface area contributed by atoms with Crippen molar-refractivity contribution in [3.8, 4) is 5.75 Å². The number of rotatable bonds is 6. The average molecular weight is 328 g/mol. The van der Waals surface area contributed by atoms with Crippen LogP contribution in [0.25, 0.3) is 0 Å². The van der Waals surface area contributed by atoms with Crippen LogP contribution in [0.1, 0.15) is 40.2 Å². The largest absolute Gasteiger partial charge is 0.452 e. The fourth-order valence-electron chi connectivity index (χ4n) is 1.89. The van der Waals surface area contributed by atoms with Gasteiger partial charge in [-0.1, -0.05) is 20.8 Å². The van der Waals surface area contributed by atoms with Crippen LogP contribution < -0.4 is 4.74 Å². The zero-order valence-corrected chi connectivity index (χ0v) is 13.6. The van der Waals surface area contributed by atoms with Gasteiger partial charge < -0.3 is 14.6 Å². The van der Waals surface area contributed by atoms with Crippen molar-refractivity contribution in [1.82, 2.24) is 0 Å². The summed E-state index contributed by atoms with van der Waals surface area (Å²) in [5.41, 5.74) is -1.13. The molecule has 0 saturated carbocycles. The predicted molar refractivity (Wildman–Crippen MR) is 81.3 cm³/mol. The van der Waals surface area contributed by atoms with Crippen LogP contribution >= 0.6 is 0 Å². The first-order valence-electron chi connectivity index (χ1n) is 6.91. The number of hydrogen-bond acceptors (Lipinski definition) is 7. The fraction of sp³-hybridized carbons (Fsp3) is 0.571. The van der Waals surface area contributed by atoms with Gasteiger partial charge in [-0.3, -0.25) is 20.2 Å². The maximum absolute atomic E-state index is 11.3. The van der Waals surface area contributed by atoms with E-state index < -0.39 is 45.0 Å². The molecule has 0 saturated heterocycles. The Kier molecular flexibility index (Phi) is 5.62. The summed E-state index contributed by atoms with van der Waals surface area (Å²) in [6.45, 7) is 8.06. The van der Waals surface area contributed by atoms with Gasteiger partial charge in [0.2, 0.25) is 0 Å². The molecule has 0 bridgehead atoms. The molecule has 23 heavy (non-hydrogen) atoms. The Bertz CT molecular complexity index is 573. The van der Waals surface area contributed by atoms with Crippen LogP contribution in [-0.2, 0) is 10.2 Å². The van der Waals surface area contributed by atoms with Gasteiger partial charge in [0.25, 0.3) is 5.75 Å². The summed E-state index contributed by atoms with van der Waals surface area (Å²) in [4.78, 5) is 21.1. The van der Waals surface area contributed by atoms with E-state index in [1.165, 1.54) is 26.0 Å². The maximum atomic E-state index is 11.3. The molecule has 2 unspecified atom stereocenters. The van der Waals surface area contributed by atoms with E-state index in [1.807, 2.05) is 0 Å². The van der Waals surface area contributed by atoms with Gasteiger partial charge >= 0.3 is 11.4 Å².